The van der Waals surface area contributed by atoms with E-state index in [1.807, 2.05) is 11.4 Å². The molecule has 0 atom stereocenters. The summed E-state index contributed by atoms with van der Waals surface area (Å²) in [6.45, 7) is 0. The second-order valence-corrected chi connectivity index (χ2v) is 5.81. The molecular formula is C15H11N5O2S. The van der Waals surface area contributed by atoms with Crippen LogP contribution in [0.3, 0.4) is 0 Å². The van der Waals surface area contributed by atoms with E-state index in [0.29, 0.717) is 22.6 Å². The van der Waals surface area contributed by atoms with Crippen molar-refractivity contribution in [3.63, 3.8) is 0 Å². The van der Waals surface area contributed by atoms with Crippen molar-refractivity contribution in [1.82, 2.24) is 19.9 Å². The van der Waals surface area contributed by atoms with E-state index in [-0.39, 0.29) is 11.9 Å². The fourth-order valence-electron chi connectivity index (χ4n) is 2.41. The molecule has 0 aliphatic rings. The van der Waals surface area contributed by atoms with Crippen molar-refractivity contribution in [2.45, 2.75) is 0 Å². The lowest BCUT2D eigenvalue weighted by atomic mass is 10.1. The van der Waals surface area contributed by atoms with Gasteiger partial charge in [-0.05, 0) is 18.2 Å². The highest BCUT2D eigenvalue weighted by atomic mass is 32.1. The Morgan fingerprint density at radius 2 is 2.22 bits per heavy atom. The van der Waals surface area contributed by atoms with E-state index in [1.165, 1.54) is 7.11 Å². The first-order valence-corrected chi connectivity index (χ1v) is 7.62. The van der Waals surface area contributed by atoms with Crippen LogP contribution < -0.4 is 5.73 Å². The molecule has 7 nitrogen and oxygen atoms in total. The Morgan fingerprint density at radius 3 is 3.04 bits per heavy atom. The Morgan fingerprint density at radius 1 is 1.35 bits per heavy atom. The minimum absolute atomic E-state index is 0.179. The number of H-pyrrole nitrogens is 1. The average Bonchev–Trinajstić information content (AvgIpc) is 3.16. The second kappa shape index (κ2) is 5.03. The summed E-state index contributed by atoms with van der Waals surface area (Å²) in [7, 11) is 1.36. The lowest BCUT2D eigenvalue weighted by Crippen LogP contribution is -2.00. The lowest BCUT2D eigenvalue weighted by molar-refractivity contribution is 0.0601. The SMILES string of the molecule is COC(=O)c1ccc2scc(-c3nc4nc(N)ncc4[nH]3)c2c1. The van der Waals surface area contributed by atoms with E-state index in [0.717, 1.165) is 15.6 Å². The molecule has 1 aromatic carbocycles. The number of esters is 1. The van der Waals surface area contributed by atoms with Gasteiger partial charge in [-0.3, -0.25) is 0 Å². The molecule has 8 heteroatoms. The monoisotopic (exact) mass is 325 g/mol. The van der Waals surface area contributed by atoms with Gasteiger partial charge in [0.25, 0.3) is 0 Å². The minimum atomic E-state index is -0.368. The van der Waals surface area contributed by atoms with Crippen LogP contribution in [0.15, 0.2) is 29.8 Å². The fourth-order valence-corrected chi connectivity index (χ4v) is 3.33. The van der Waals surface area contributed by atoms with Gasteiger partial charge in [0.2, 0.25) is 5.95 Å². The number of rotatable bonds is 2. The van der Waals surface area contributed by atoms with Crippen molar-refractivity contribution in [1.29, 1.82) is 0 Å². The van der Waals surface area contributed by atoms with Crippen LogP contribution in [0.1, 0.15) is 10.4 Å². The molecule has 4 aromatic rings. The molecule has 4 rings (SSSR count). The summed E-state index contributed by atoms with van der Waals surface area (Å²) in [4.78, 5) is 27.4. The van der Waals surface area contributed by atoms with Crippen LogP contribution in [0.5, 0.6) is 0 Å². The molecule has 0 fully saturated rings. The molecular weight excluding hydrogens is 314 g/mol. The minimum Gasteiger partial charge on any atom is -0.465 e. The third-order valence-corrected chi connectivity index (χ3v) is 4.47. The zero-order valence-electron chi connectivity index (χ0n) is 12.0. The molecule has 0 saturated carbocycles. The number of imidazole rings is 1. The van der Waals surface area contributed by atoms with Gasteiger partial charge < -0.3 is 15.5 Å². The Kier molecular flexibility index (Phi) is 2.98. The maximum absolute atomic E-state index is 11.7. The first-order chi connectivity index (χ1) is 11.2. The van der Waals surface area contributed by atoms with Crippen LogP contribution in [0, 0.1) is 0 Å². The van der Waals surface area contributed by atoms with Crippen molar-refractivity contribution in [3.05, 3.63) is 35.3 Å². The van der Waals surface area contributed by atoms with Crippen molar-refractivity contribution < 1.29 is 9.53 Å². The molecule has 3 aromatic heterocycles. The molecule has 0 spiro atoms. The average molecular weight is 325 g/mol. The molecule has 0 saturated heterocycles. The van der Waals surface area contributed by atoms with E-state index in [4.69, 9.17) is 10.5 Å². The number of nitrogens with two attached hydrogens (primary N) is 1. The number of thiophene rings is 1. The van der Waals surface area contributed by atoms with Gasteiger partial charge >= 0.3 is 5.97 Å². The molecule has 114 valence electrons. The Labute approximate surface area is 134 Å². The van der Waals surface area contributed by atoms with Gasteiger partial charge in [-0.25, -0.2) is 14.8 Å². The highest BCUT2D eigenvalue weighted by molar-refractivity contribution is 7.17. The number of nitrogen functional groups attached to an aromatic ring is 1. The smallest absolute Gasteiger partial charge is 0.337 e. The molecule has 0 radical (unpaired) electrons. The number of anilines is 1. The maximum Gasteiger partial charge on any atom is 0.337 e. The summed E-state index contributed by atoms with van der Waals surface area (Å²) < 4.78 is 5.83. The molecule has 3 heterocycles. The number of carbonyl (C=O) groups excluding carboxylic acids is 1. The summed E-state index contributed by atoms with van der Waals surface area (Å²) in [6, 6.07) is 5.45. The number of fused-ring (bicyclic) bond motifs is 2. The van der Waals surface area contributed by atoms with Gasteiger partial charge in [-0.1, -0.05) is 0 Å². The molecule has 0 amide bonds. The van der Waals surface area contributed by atoms with Crippen LogP contribution in [0.2, 0.25) is 0 Å². The predicted octanol–water partition coefficient (Wildman–Crippen LogP) is 2.60. The lowest BCUT2D eigenvalue weighted by Gasteiger charge is -2.00. The van der Waals surface area contributed by atoms with Crippen molar-refractivity contribution in [3.8, 4) is 11.4 Å². The van der Waals surface area contributed by atoms with Crippen LogP contribution in [0.4, 0.5) is 5.95 Å². The van der Waals surface area contributed by atoms with Gasteiger partial charge in [0, 0.05) is 21.0 Å². The number of nitrogens with zero attached hydrogens (tertiary/aromatic N) is 3. The number of aromatic amines is 1. The Hall–Kier alpha value is -3.00. The summed E-state index contributed by atoms with van der Waals surface area (Å²) in [5.74, 6) is 0.471. The van der Waals surface area contributed by atoms with E-state index in [1.54, 1.807) is 29.7 Å². The van der Waals surface area contributed by atoms with Crippen LogP contribution in [0.25, 0.3) is 32.6 Å². The van der Waals surface area contributed by atoms with Crippen LogP contribution >= 0.6 is 11.3 Å². The zero-order chi connectivity index (χ0) is 16.0. The third kappa shape index (κ3) is 2.20. The molecule has 0 unspecified atom stereocenters. The highest BCUT2D eigenvalue weighted by Crippen LogP contribution is 2.34. The summed E-state index contributed by atoms with van der Waals surface area (Å²) >= 11 is 1.58. The summed E-state index contributed by atoms with van der Waals surface area (Å²) in [5.41, 5.74) is 8.20. The Bertz CT molecular complexity index is 1050. The number of nitrogens with one attached hydrogen (secondary N) is 1. The highest BCUT2D eigenvalue weighted by Gasteiger charge is 2.14. The van der Waals surface area contributed by atoms with Crippen molar-refractivity contribution in [2.24, 2.45) is 0 Å². The summed E-state index contributed by atoms with van der Waals surface area (Å²) in [5, 5.41) is 2.91. The Balaban J connectivity index is 1.91. The quantitative estimate of drug-likeness (QED) is 0.549. The number of methoxy groups -OCH3 is 1. The molecule has 0 aliphatic heterocycles. The van der Waals surface area contributed by atoms with Crippen LogP contribution in [-0.4, -0.2) is 33.0 Å². The summed E-state index contributed by atoms with van der Waals surface area (Å²) in [6.07, 6.45) is 1.60. The topological polar surface area (TPSA) is 107 Å². The first kappa shape index (κ1) is 13.6. The molecule has 3 N–H and O–H groups in total. The van der Waals surface area contributed by atoms with E-state index >= 15 is 0 Å². The van der Waals surface area contributed by atoms with Gasteiger partial charge in [0.15, 0.2) is 5.65 Å². The molecule has 0 bridgehead atoms. The standard InChI is InChI=1S/C15H11N5O2S/c1-22-14(21)7-2-3-11-8(4-7)9(6-23-11)12-18-10-5-17-15(16)20-13(10)19-12/h2-6H,1H3,(H3,16,17,18,19,20). The molecule has 0 aliphatic carbocycles. The fraction of sp³-hybridized carbons (Fsp3) is 0.0667. The molecule has 23 heavy (non-hydrogen) atoms. The predicted molar refractivity (Wildman–Crippen MR) is 88.3 cm³/mol. The number of benzene rings is 1. The van der Waals surface area contributed by atoms with Gasteiger partial charge in [-0.2, -0.15) is 4.98 Å². The van der Waals surface area contributed by atoms with Crippen molar-refractivity contribution >= 4 is 44.5 Å². The number of hydrogen-bond acceptors (Lipinski definition) is 7. The van der Waals surface area contributed by atoms with E-state index in [9.17, 15) is 4.79 Å². The van der Waals surface area contributed by atoms with E-state index in [2.05, 4.69) is 19.9 Å². The van der Waals surface area contributed by atoms with Gasteiger partial charge in [0.05, 0.1) is 18.9 Å². The van der Waals surface area contributed by atoms with Gasteiger partial charge in [-0.15, -0.1) is 11.3 Å². The van der Waals surface area contributed by atoms with Gasteiger partial charge in [0.1, 0.15) is 11.3 Å². The maximum atomic E-state index is 11.7. The zero-order valence-corrected chi connectivity index (χ0v) is 12.8. The van der Waals surface area contributed by atoms with E-state index < -0.39 is 0 Å². The third-order valence-electron chi connectivity index (χ3n) is 3.51. The normalized spacial score (nSPS) is 11.2. The number of ether oxygens (including phenoxy) is 1. The van der Waals surface area contributed by atoms with Crippen LogP contribution in [-0.2, 0) is 4.74 Å². The first-order valence-electron chi connectivity index (χ1n) is 6.74. The second-order valence-electron chi connectivity index (χ2n) is 4.90. The number of aromatic nitrogens is 4. The van der Waals surface area contributed by atoms with Crippen molar-refractivity contribution in [2.75, 3.05) is 12.8 Å². The largest absolute Gasteiger partial charge is 0.465 e. The number of carbonyl (C=O) groups is 1. The number of hydrogen-bond donors (Lipinski definition) is 2.